The Hall–Kier alpha value is -7.88. The van der Waals surface area contributed by atoms with E-state index in [2.05, 4.69) is 9.97 Å². The van der Waals surface area contributed by atoms with E-state index in [1.165, 1.54) is 0 Å². The largest absolute Gasteiger partial charge is 0.481 e. The summed E-state index contributed by atoms with van der Waals surface area (Å²) in [6, 6.07) is 23.7. The fourth-order valence-electron chi connectivity index (χ4n) is 9.47. The van der Waals surface area contributed by atoms with Gasteiger partial charge in [0, 0.05) is 69.5 Å². The van der Waals surface area contributed by atoms with Gasteiger partial charge in [-0.2, -0.15) is 0 Å². The Labute approximate surface area is 389 Å². The van der Waals surface area contributed by atoms with Gasteiger partial charge < -0.3 is 30.4 Å². The second kappa shape index (κ2) is 19.9. The molecule has 7 aromatic rings. The number of hydrogen-bond acceptors (Lipinski definition) is 10. The molecular weight excluding hydrogens is 865 g/mol. The number of H-pyrrole nitrogens is 2. The van der Waals surface area contributed by atoms with Crippen LogP contribution in [0.3, 0.4) is 0 Å². The number of nitrogens with zero attached hydrogens (tertiary/aromatic N) is 6. The minimum absolute atomic E-state index is 0.0569. The van der Waals surface area contributed by atoms with Crippen molar-refractivity contribution < 1.29 is 39.6 Å². The van der Waals surface area contributed by atoms with Gasteiger partial charge in [0.25, 0.3) is 0 Å². The van der Waals surface area contributed by atoms with Gasteiger partial charge in [-0.3, -0.25) is 19.2 Å². The molecule has 0 atom stereocenters. The number of nitrogens with one attached hydrogen (secondary N) is 2. The first-order chi connectivity index (χ1) is 33.0. The molecule has 5 heterocycles. The minimum atomic E-state index is -0.847. The van der Waals surface area contributed by atoms with Crippen LogP contribution in [0.1, 0.15) is 99.3 Å². The first kappa shape index (κ1) is 45.3. The molecule has 0 aliphatic carbocycles. The highest BCUT2D eigenvalue weighted by molar-refractivity contribution is 6.08. The van der Waals surface area contributed by atoms with Gasteiger partial charge in [-0.15, -0.1) is 0 Å². The third-order valence-corrected chi connectivity index (χ3v) is 12.6. The zero-order valence-electron chi connectivity index (χ0n) is 37.3. The van der Waals surface area contributed by atoms with Gasteiger partial charge in [0.1, 0.15) is 22.6 Å². The molecule has 68 heavy (non-hydrogen) atoms. The van der Waals surface area contributed by atoms with E-state index >= 15 is 0 Å². The SMILES string of the molecule is O=C(O)CCCCc1cccc2c1-c1nc-2nc2[nH]c(nc3nc(nc4[nH]c(n1)c1cccc(CCCCC(=O)O)c41)-c1cccc(CCCCC(=O)O)c1-3)c1cccc(CCCCC(=O)O)c21. The number of carbonyl (C=O) groups is 4. The molecule has 9 rings (SSSR count). The molecule has 0 amide bonds. The molecular formula is C52H50N8O8. The normalized spacial score (nSPS) is 11.8. The number of fused-ring (bicyclic) bond motifs is 20. The van der Waals surface area contributed by atoms with E-state index < -0.39 is 23.9 Å². The summed E-state index contributed by atoms with van der Waals surface area (Å²) in [5, 5.41) is 40.7. The number of aliphatic carboxylic acids is 4. The monoisotopic (exact) mass is 914 g/mol. The van der Waals surface area contributed by atoms with Gasteiger partial charge in [-0.1, -0.05) is 72.8 Å². The van der Waals surface area contributed by atoms with Gasteiger partial charge in [-0.25, -0.2) is 29.9 Å². The van der Waals surface area contributed by atoms with E-state index in [0.717, 1.165) is 66.1 Å². The summed E-state index contributed by atoms with van der Waals surface area (Å²) < 4.78 is 0. The van der Waals surface area contributed by atoms with Crippen LogP contribution in [-0.4, -0.2) is 84.2 Å². The number of unbranched alkanes of at least 4 members (excludes halogenated alkanes) is 4. The van der Waals surface area contributed by atoms with Crippen molar-refractivity contribution in [2.75, 3.05) is 0 Å². The summed E-state index contributed by atoms with van der Waals surface area (Å²) >= 11 is 0. The molecule has 346 valence electrons. The molecule has 0 unspecified atom stereocenters. The highest BCUT2D eigenvalue weighted by Gasteiger charge is 2.26. The maximum Gasteiger partial charge on any atom is 0.303 e. The first-order valence-electron chi connectivity index (χ1n) is 23.2. The molecule has 0 saturated heterocycles. The van der Waals surface area contributed by atoms with Crippen molar-refractivity contribution in [1.29, 1.82) is 0 Å². The number of aromatic amines is 2. The van der Waals surface area contributed by atoms with E-state index in [9.17, 15) is 39.6 Å². The minimum Gasteiger partial charge on any atom is -0.481 e. The topological polar surface area (TPSA) is 258 Å². The average Bonchev–Trinajstić information content (AvgIpc) is 4.06. The third-order valence-electron chi connectivity index (χ3n) is 12.6. The lowest BCUT2D eigenvalue weighted by Crippen LogP contribution is -1.96. The molecule has 16 nitrogen and oxygen atoms in total. The number of benzene rings is 4. The Balaban J connectivity index is 1.34. The Morgan fingerprint density at radius 2 is 0.691 bits per heavy atom. The molecule has 0 fully saturated rings. The summed E-state index contributed by atoms with van der Waals surface area (Å²) in [4.78, 5) is 84.3. The van der Waals surface area contributed by atoms with Gasteiger partial charge in [0.05, 0.1) is 0 Å². The van der Waals surface area contributed by atoms with Crippen LogP contribution in [0.4, 0.5) is 0 Å². The molecule has 0 radical (unpaired) electrons. The van der Waals surface area contributed by atoms with Crippen LogP contribution in [0, 0.1) is 0 Å². The molecule has 4 aromatic carbocycles. The molecule has 6 N–H and O–H groups in total. The maximum absolute atomic E-state index is 11.4. The van der Waals surface area contributed by atoms with Crippen LogP contribution >= 0.6 is 0 Å². The van der Waals surface area contributed by atoms with Crippen LogP contribution in [0.15, 0.2) is 72.8 Å². The fourth-order valence-corrected chi connectivity index (χ4v) is 9.47. The highest BCUT2D eigenvalue weighted by Crippen LogP contribution is 2.41. The van der Waals surface area contributed by atoms with Gasteiger partial charge in [0.2, 0.25) is 0 Å². The lowest BCUT2D eigenvalue weighted by atomic mass is 9.97. The zero-order chi connectivity index (χ0) is 47.3. The predicted molar refractivity (Wildman–Crippen MR) is 257 cm³/mol. The average molecular weight is 915 g/mol. The highest BCUT2D eigenvalue weighted by atomic mass is 16.4. The van der Waals surface area contributed by atoms with Crippen molar-refractivity contribution in [2.24, 2.45) is 0 Å². The lowest BCUT2D eigenvalue weighted by molar-refractivity contribution is -0.138. The van der Waals surface area contributed by atoms with E-state index in [4.69, 9.17) is 29.9 Å². The summed E-state index contributed by atoms with van der Waals surface area (Å²) in [7, 11) is 0. The predicted octanol–water partition coefficient (Wildman–Crippen LogP) is 10.1. The number of rotatable bonds is 20. The Morgan fingerprint density at radius 1 is 0.368 bits per heavy atom. The van der Waals surface area contributed by atoms with Crippen molar-refractivity contribution in [3.63, 3.8) is 0 Å². The van der Waals surface area contributed by atoms with Crippen molar-refractivity contribution in [3.8, 4) is 45.6 Å². The number of carboxylic acids is 4. The molecule has 0 saturated carbocycles. The second-order valence-corrected chi connectivity index (χ2v) is 17.4. The standard InChI is InChI=1S/C52H50N8O8/c61-37(62)25-5-1-13-29-17-9-21-33-41(29)49-53-45(33)58-50-43-31(15-3-7-27-39(65)66)19-11-23-35(43)47(55-50)60-52-44-32(16-4-8-28-40(67)68)20-12-24-36(44)48(56-52)59-51-42-30(14-2-6-26-38(63)64)18-10-22-34(42)46(54-51)57-49/h9-12,17-24H,1-8,13-16,25-28H2,(H,61,62)(H,63,64)(H,65,66)(H,67,68)(H2,53,54,55,56,57,58,59,60). The molecule has 2 aliphatic rings. The van der Waals surface area contributed by atoms with Crippen molar-refractivity contribution in [2.45, 2.75) is 103 Å². The Kier molecular flexibility index (Phi) is 13.3. The number of aryl methyl sites for hydroxylation is 4. The van der Waals surface area contributed by atoms with E-state index in [0.29, 0.717) is 123 Å². The summed E-state index contributed by atoms with van der Waals surface area (Å²) in [6.07, 6.45) is 7.10. The molecule has 2 aliphatic heterocycles. The fraction of sp³-hybridized carbons (Fsp3) is 0.308. The lowest BCUT2D eigenvalue weighted by Gasteiger charge is -2.07. The van der Waals surface area contributed by atoms with Crippen LogP contribution in [-0.2, 0) is 44.9 Å². The summed E-state index contributed by atoms with van der Waals surface area (Å²) in [6.45, 7) is 0. The van der Waals surface area contributed by atoms with Crippen LogP contribution in [0.2, 0.25) is 0 Å². The second-order valence-electron chi connectivity index (χ2n) is 17.4. The maximum atomic E-state index is 11.4. The summed E-state index contributed by atoms with van der Waals surface area (Å²) in [5.41, 5.74) is 8.91. The Bertz CT molecular complexity index is 3090. The van der Waals surface area contributed by atoms with Crippen LogP contribution in [0.5, 0.6) is 0 Å². The molecule has 16 heteroatoms. The quantitative estimate of drug-likeness (QED) is 0.0389. The third kappa shape index (κ3) is 9.66. The summed E-state index contributed by atoms with van der Waals surface area (Å²) in [5.74, 6) is -1.72. The number of hydrogen-bond donors (Lipinski definition) is 6. The van der Waals surface area contributed by atoms with Crippen molar-refractivity contribution in [1.82, 2.24) is 39.9 Å². The van der Waals surface area contributed by atoms with Crippen LogP contribution < -0.4 is 0 Å². The van der Waals surface area contributed by atoms with E-state index in [1.807, 2.05) is 72.8 Å². The van der Waals surface area contributed by atoms with Crippen molar-refractivity contribution >= 4 is 68.0 Å². The van der Waals surface area contributed by atoms with Gasteiger partial charge in [-0.05, 0) is 99.3 Å². The van der Waals surface area contributed by atoms with Gasteiger partial charge in [0.15, 0.2) is 23.3 Å². The zero-order valence-corrected chi connectivity index (χ0v) is 37.3. The first-order valence-corrected chi connectivity index (χ1v) is 23.2. The molecule has 8 bridgehead atoms. The molecule has 3 aromatic heterocycles. The van der Waals surface area contributed by atoms with E-state index in [1.54, 1.807) is 0 Å². The molecule has 0 spiro atoms. The Morgan fingerprint density at radius 3 is 1.06 bits per heavy atom. The number of carboxylic acid groups (broad SMARTS) is 4. The van der Waals surface area contributed by atoms with Gasteiger partial charge >= 0.3 is 23.9 Å². The van der Waals surface area contributed by atoms with E-state index in [-0.39, 0.29) is 25.7 Å². The number of aromatic nitrogens is 8. The smallest absolute Gasteiger partial charge is 0.303 e. The van der Waals surface area contributed by atoms with Crippen molar-refractivity contribution in [3.05, 3.63) is 95.1 Å². The van der Waals surface area contributed by atoms with Crippen LogP contribution in [0.25, 0.3) is 89.7 Å².